The van der Waals surface area contributed by atoms with E-state index in [2.05, 4.69) is 0 Å². The fourth-order valence-corrected chi connectivity index (χ4v) is 0.653. The van der Waals surface area contributed by atoms with Gasteiger partial charge in [0, 0.05) is 0 Å². The van der Waals surface area contributed by atoms with Crippen molar-refractivity contribution in [2.45, 2.75) is 39.0 Å². The molecule has 0 amide bonds. The van der Waals surface area contributed by atoms with E-state index in [9.17, 15) is 45.5 Å². The first-order valence-electron chi connectivity index (χ1n) is 6.10. The van der Waals surface area contributed by atoms with Gasteiger partial charge in [-0.05, 0) is 13.8 Å². The number of Topliss-reactive ketones (excluding diaryl/α,β-unsaturated/α-hetero) is 4. The normalized spacial score (nSPS) is 11.1. The van der Waals surface area contributed by atoms with E-state index >= 15 is 0 Å². The Hall–Kier alpha value is -0.961. The number of hydrogen-bond acceptors (Lipinski definition) is 12. The molecule has 0 aliphatic carbocycles. The zero-order chi connectivity index (χ0) is 25.7. The fraction of sp³-hybridized carbons (Fsp3) is 0.600. The van der Waals surface area contributed by atoms with E-state index in [-0.39, 0.29) is 17.1 Å². The van der Waals surface area contributed by atoms with Crippen LogP contribution in [0.25, 0.3) is 0 Å². The van der Waals surface area contributed by atoms with Gasteiger partial charge in [0.15, 0.2) is 0 Å². The van der Waals surface area contributed by atoms with Crippen LogP contribution in [-0.4, -0.2) is 35.5 Å². The van der Waals surface area contributed by atoms with Gasteiger partial charge in [0.05, 0.1) is 12.8 Å². The van der Waals surface area contributed by atoms with E-state index in [1.54, 1.807) is 0 Å². The van der Waals surface area contributed by atoms with Gasteiger partial charge in [0.2, 0.25) is 11.6 Å². The van der Waals surface area contributed by atoms with Gasteiger partial charge in [-0.1, -0.05) is 0 Å². The van der Waals surface area contributed by atoms with Crippen molar-refractivity contribution in [3.63, 3.8) is 0 Å². The van der Waals surface area contributed by atoms with Gasteiger partial charge in [-0.15, -0.1) is 20.5 Å². The summed E-state index contributed by atoms with van der Waals surface area (Å²) in [5.41, 5.74) is 0. The van der Waals surface area contributed by atoms with Gasteiger partial charge in [0.1, 0.15) is 11.6 Å². The van der Waals surface area contributed by atoms with Gasteiger partial charge in [-0.3, -0.25) is 19.2 Å². The van der Waals surface area contributed by atoms with Gasteiger partial charge in [0.25, 0.3) is 0 Å². The molecular formula is C10H10Cl2CuF6O12. The summed E-state index contributed by atoms with van der Waals surface area (Å²) in [7, 11) is -9.89. The average Bonchev–Trinajstić information content (AvgIpc) is 2.31. The third-order valence-electron chi connectivity index (χ3n) is 1.45. The van der Waals surface area contributed by atoms with Gasteiger partial charge in [-0.25, -0.2) is 37.3 Å². The molecule has 0 aromatic rings. The molecule has 0 fully saturated rings. The van der Waals surface area contributed by atoms with E-state index in [1.165, 1.54) is 0 Å². The van der Waals surface area contributed by atoms with Crippen LogP contribution in [-0.2, 0) is 36.2 Å². The predicted molar refractivity (Wildman–Crippen MR) is 52.7 cm³/mol. The second-order valence-electron chi connectivity index (χ2n) is 4.36. The quantitative estimate of drug-likeness (QED) is 0.173. The van der Waals surface area contributed by atoms with Crippen LogP contribution in [0.4, 0.5) is 26.3 Å². The van der Waals surface area contributed by atoms with Crippen LogP contribution in [0.3, 0.4) is 0 Å². The van der Waals surface area contributed by atoms with Crippen LogP contribution in [0.1, 0.15) is 26.7 Å². The van der Waals surface area contributed by atoms with E-state index in [0.29, 0.717) is 0 Å². The Morgan fingerprint density at radius 3 is 0.742 bits per heavy atom. The smallest absolute Gasteiger partial charge is 0.300 e. The fourth-order valence-electron chi connectivity index (χ4n) is 0.653. The van der Waals surface area contributed by atoms with Crippen molar-refractivity contribution >= 4 is 23.1 Å². The minimum Gasteiger partial charge on any atom is -0.300 e. The molecule has 0 bridgehead atoms. The standard InChI is InChI=1S/2C5H5F3O2.2ClHO4.Cu/c2*1-3(9)2-4(10)5(6,7)8;2*2-1(3,4)5;/h2*2H2,1H3;2*(H,2,3,4,5);/q;;;;+2/p-2. The number of carbonyl (C=O) groups is 4. The average molecular weight is 571 g/mol. The van der Waals surface area contributed by atoms with Crippen LogP contribution in [0.15, 0.2) is 0 Å². The van der Waals surface area contributed by atoms with E-state index < -0.39 is 68.8 Å². The van der Waals surface area contributed by atoms with Gasteiger partial charge in [-0.2, -0.15) is 26.3 Å². The first-order valence-corrected chi connectivity index (χ1v) is 8.57. The molecule has 0 unspecified atom stereocenters. The number of rotatable bonds is 4. The van der Waals surface area contributed by atoms with Crippen LogP contribution in [0.5, 0.6) is 0 Å². The Kier molecular flexibility index (Phi) is 21.7. The number of halogens is 8. The predicted octanol–water partition coefficient (Wildman–Crippen LogP) is -7.32. The molecule has 0 saturated heterocycles. The molecule has 0 saturated carbocycles. The molecule has 0 N–H and O–H groups in total. The third kappa shape index (κ3) is 58.6. The van der Waals surface area contributed by atoms with Crippen LogP contribution in [0.2, 0.25) is 0 Å². The maximum atomic E-state index is 11.3. The van der Waals surface area contributed by atoms with Gasteiger partial charge < -0.3 is 0 Å². The molecular weight excluding hydrogens is 561 g/mol. The molecule has 0 aliphatic heterocycles. The molecule has 0 atom stereocenters. The molecule has 0 aromatic carbocycles. The second kappa shape index (κ2) is 16.6. The molecule has 0 spiro atoms. The number of alkyl halides is 6. The Morgan fingerprint density at radius 2 is 0.710 bits per heavy atom. The number of carbonyl (C=O) groups excluding carboxylic acids is 4. The Labute approximate surface area is 183 Å². The largest absolute Gasteiger partial charge is 2.00 e. The molecule has 189 valence electrons. The molecule has 0 aliphatic rings. The first kappa shape index (κ1) is 40.4. The van der Waals surface area contributed by atoms with Crippen molar-refractivity contribution in [1.29, 1.82) is 0 Å². The molecule has 1 radical (unpaired) electrons. The van der Waals surface area contributed by atoms with Crippen molar-refractivity contribution in [2.75, 3.05) is 0 Å². The monoisotopic (exact) mass is 569 g/mol. The summed E-state index contributed by atoms with van der Waals surface area (Å²) in [6.07, 6.45) is -11.8. The van der Waals surface area contributed by atoms with Crippen molar-refractivity contribution in [3.8, 4) is 0 Å². The van der Waals surface area contributed by atoms with Crippen LogP contribution in [0, 0.1) is 20.5 Å². The molecule has 0 heterocycles. The molecule has 21 heteroatoms. The summed E-state index contributed by atoms with van der Waals surface area (Å²) in [6.45, 7) is 1.87. The number of ketones is 4. The summed E-state index contributed by atoms with van der Waals surface area (Å²) in [4.78, 5) is 39.8. The molecule has 0 rings (SSSR count). The summed E-state index contributed by atoms with van der Waals surface area (Å²) < 4.78 is 136. The molecule has 12 nitrogen and oxygen atoms in total. The topological polar surface area (TPSA) is 253 Å². The first-order chi connectivity index (χ1) is 12.7. The molecule has 0 aromatic heterocycles. The van der Waals surface area contributed by atoms with Crippen molar-refractivity contribution in [1.82, 2.24) is 0 Å². The summed E-state index contributed by atoms with van der Waals surface area (Å²) in [6, 6.07) is 0. The Balaban J connectivity index is -0.000000101. The molecule has 31 heavy (non-hydrogen) atoms. The minimum absolute atomic E-state index is 0. The number of hydrogen-bond donors (Lipinski definition) is 0. The Morgan fingerprint density at radius 1 is 0.581 bits per heavy atom. The Bertz CT molecular complexity index is 508. The third-order valence-corrected chi connectivity index (χ3v) is 1.45. The maximum Gasteiger partial charge on any atom is 2.00 e. The van der Waals surface area contributed by atoms with Crippen molar-refractivity contribution in [3.05, 3.63) is 0 Å². The van der Waals surface area contributed by atoms with Gasteiger partial charge >= 0.3 is 29.4 Å². The minimum atomic E-state index is -4.94. The second-order valence-corrected chi connectivity index (χ2v) is 5.87. The van der Waals surface area contributed by atoms with Crippen LogP contribution >= 0.6 is 0 Å². The van der Waals surface area contributed by atoms with Crippen LogP contribution < -0.4 is 37.3 Å². The maximum absolute atomic E-state index is 11.3. The zero-order valence-corrected chi connectivity index (χ0v) is 17.1. The zero-order valence-electron chi connectivity index (χ0n) is 14.6. The van der Waals surface area contributed by atoms with E-state index in [4.69, 9.17) is 37.3 Å². The van der Waals surface area contributed by atoms with Crippen molar-refractivity contribution < 1.29 is 120 Å². The summed E-state index contributed by atoms with van der Waals surface area (Å²) in [5, 5.41) is 0. The summed E-state index contributed by atoms with van der Waals surface area (Å²) >= 11 is 0. The van der Waals surface area contributed by atoms with E-state index in [0.717, 1.165) is 13.8 Å². The SMILES string of the molecule is CC(=O)CC(=O)C(F)(F)F.CC(=O)CC(=O)C(F)(F)F.[Cu+2].[O-][Cl+3]([O-])([O-])[O-].[O-][Cl+3]([O-])([O-])[O-]. The summed E-state index contributed by atoms with van der Waals surface area (Å²) in [5.74, 6) is -5.52. The van der Waals surface area contributed by atoms with E-state index in [1.807, 2.05) is 0 Å². The van der Waals surface area contributed by atoms with Crippen molar-refractivity contribution in [2.24, 2.45) is 0 Å².